The molecule has 0 saturated carbocycles. The number of morpholine rings is 1. The van der Waals surface area contributed by atoms with Gasteiger partial charge in [0.25, 0.3) is 0 Å². The average molecular weight is 212 g/mol. The van der Waals surface area contributed by atoms with Crippen molar-refractivity contribution >= 4 is 0 Å². The predicted molar refractivity (Wildman–Crippen MR) is 62.0 cm³/mol. The van der Waals surface area contributed by atoms with Crippen LogP contribution in [0.3, 0.4) is 0 Å². The minimum Gasteiger partial charge on any atom is -0.376 e. The fourth-order valence-electron chi connectivity index (χ4n) is 2.64. The maximum Gasteiger partial charge on any atom is 0.0674 e. The summed E-state index contributed by atoms with van der Waals surface area (Å²) in [5, 5.41) is 3.48. The van der Waals surface area contributed by atoms with E-state index in [1.54, 1.807) is 0 Å². The molecule has 1 N–H and O–H groups in total. The standard InChI is InChI=1S/C12H24N2O/c1-9-4-13-5-12(9)7-14-6-11(3)15-8-10(14)2/h9-13H,4-8H2,1-3H3. The lowest BCUT2D eigenvalue weighted by Crippen LogP contribution is -2.49. The third-order valence-corrected chi connectivity index (χ3v) is 3.88. The first kappa shape index (κ1) is 11.4. The largest absolute Gasteiger partial charge is 0.376 e. The lowest BCUT2D eigenvalue weighted by Gasteiger charge is -2.38. The van der Waals surface area contributed by atoms with E-state index in [1.807, 2.05) is 0 Å². The number of hydrogen-bond acceptors (Lipinski definition) is 3. The fraction of sp³-hybridized carbons (Fsp3) is 1.00. The van der Waals surface area contributed by atoms with Gasteiger partial charge in [0.15, 0.2) is 0 Å². The number of hydrogen-bond donors (Lipinski definition) is 1. The second-order valence-electron chi connectivity index (χ2n) is 5.34. The Morgan fingerprint density at radius 1 is 1.27 bits per heavy atom. The Balaban J connectivity index is 1.86. The summed E-state index contributed by atoms with van der Waals surface area (Å²) in [4.78, 5) is 2.60. The molecule has 15 heavy (non-hydrogen) atoms. The van der Waals surface area contributed by atoms with Gasteiger partial charge in [-0.1, -0.05) is 6.92 Å². The predicted octanol–water partition coefficient (Wildman–Crippen LogP) is 0.951. The van der Waals surface area contributed by atoms with Crippen LogP contribution in [0.2, 0.25) is 0 Å². The Kier molecular flexibility index (Phi) is 3.65. The van der Waals surface area contributed by atoms with Gasteiger partial charge in [-0.25, -0.2) is 0 Å². The summed E-state index contributed by atoms with van der Waals surface area (Å²) in [6, 6.07) is 0.592. The molecule has 0 aromatic rings. The van der Waals surface area contributed by atoms with Gasteiger partial charge in [0.2, 0.25) is 0 Å². The minimum absolute atomic E-state index is 0.408. The summed E-state index contributed by atoms with van der Waals surface area (Å²) >= 11 is 0. The van der Waals surface area contributed by atoms with E-state index in [9.17, 15) is 0 Å². The van der Waals surface area contributed by atoms with Gasteiger partial charge in [-0.3, -0.25) is 4.90 Å². The molecule has 3 heteroatoms. The summed E-state index contributed by atoms with van der Waals surface area (Å²) in [5.74, 6) is 1.66. The maximum absolute atomic E-state index is 5.65. The Hall–Kier alpha value is -0.120. The van der Waals surface area contributed by atoms with Crippen molar-refractivity contribution in [3.63, 3.8) is 0 Å². The van der Waals surface area contributed by atoms with Crippen molar-refractivity contribution in [3.8, 4) is 0 Å². The fourth-order valence-corrected chi connectivity index (χ4v) is 2.64. The molecule has 2 saturated heterocycles. The van der Waals surface area contributed by atoms with Crippen LogP contribution in [-0.4, -0.2) is 49.8 Å². The van der Waals surface area contributed by atoms with E-state index in [4.69, 9.17) is 4.74 Å². The first-order chi connectivity index (χ1) is 7.16. The molecule has 0 bridgehead atoms. The summed E-state index contributed by atoms with van der Waals surface area (Å²) in [6.45, 7) is 12.4. The van der Waals surface area contributed by atoms with E-state index in [0.717, 1.165) is 25.0 Å². The zero-order valence-corrected chi connectivity index (χ0v) is 10.2. The molecule has 2 aliphatic rings. The molecule has 3 nitrogen and oxygen atoms in total. The highest BCUT2D eigenvalue weighted by molar-refractivity contribution is 4.84. The molecule has 4 atom stereocenters. The third-order valence-electron chi connectivity index (χ3n) is 3.88. The number of ether oxygens (including phenoxy) is 1. The second kappa shape index (κ2) is 4.81. The molecular weight excluding hydrogens is 188 g/mol. The number of nitrogens with one attached hydrogen (secondary N) is 1. The lowest BCUT2D eigenvalue weighted by molar-refractivity contribution is -0.0548. The van der Waals surface area contributed by atoms with Crippen molar-refractivity contribution in [1.82, 2.24) is 10.2 Å². The molecule has 0 radical (unpaired) electrons. The highest BCUT2D eigenvalue weighted by Crippen LogP contribution is 2.20. The van der Waals surface area contributed by atoms with Gasteiger partial charge in [0.05, 0.1) is 12.7 Å². The summed E-state index contributed by atoms with van der Waals surface area (Å²) in [7, 11) is 0. The highest BCUT2D eigenvalue weighted by Gasteiger charge is 2.29. The topological polar surface area (TPSA) is 24.5 Å². The normalized spacial score (nSPS) is 43.4. The molecule has 0 aromatic carbocycles. The summed E-state index contributed by atoms with van der Waals surface area (Å²) < 4.78 is 5.65. The minimum atomic E-state index is 0.408. The number of rotatable bonds is 2. The van der Waals surface area contributed by atoms with Crippen molar-refractivity contribution in [2.75, 3.05) is 32.8 Å². The Labute approximate surface area is 93.2 Å². The van der Waals surface area contributed by atoms with E-state index in [-0.39, 0.29) is 0 Å². The quantitative estimate of drug-likeness (QED) is 0.737. The molecule has 2 fully saturated rings. The van der Waals surface area contributed by atoms with Crippen LogP contribution in [0.1, 0.15) is 20.8 Å². The molecule has 0 amide bonds. The van der Waals surface area contributed by atoms with Crippen LogP contribution < -0.4 is 5.32 Å². The van der Waals surface area contributed by atoms with Crippen LogP contribution in [0.25, 0.3) is 0 Å². The third kappa shape index (κ3) is 2.71. The van der Waals surface area contributed by atoms with Crippen LogP contribution in [0.15, 0.2) is 0 Å². The Bertz CT molecular complexity index is 210. The van der Waals surface area contributed by atoms with Crippen molar-refractivity contribution in [2.24, 2.45) is 11.8 Å². The molecule has 2 rings (SSSR count). The monoisotopic (exact) mass is 212 g/mol. The first-order valence-electron chi connectivity index (χ1n) is 6.23. The van der Waals surface area contributed by atoms with E-state index >= 15 is 0 Å². The molecule has 0 aliphatic carbocycles. The summed E-state index contributed by atoms with van der Waals surface area (Å²) in [6.07, 6.45) is 0.408. The lowest BCUT2D eigenvalue weighted by atomic mass is 9.96. The van der Waals surface area contributed by atoms with Gasteiger partial charge in [-0.2, -0.15) is 0 Å². The van der Waals surface area contributed by atoms with Crippen LogP contribution in [0.4, 0.5) is 0 Å². The molecule has 0 spiro atoms. The molecule has 2 aliphatic heterocycles. The van der Waals surface area contributed by atoms with Crippen molar-refractivity contribution < 1.29 is 4.74 Å². The van der Waals surface area contributed by atoms with Crippen molar-refractivity contribution in [2.45, 2.75) is 32.9 Å². The second-order valence-corrected chi connectivity index (χ2v) is 5.34. The Morgan fingerprint density at radius 3 is 2.73 bits per heavy atom. The molecule has 4 unspecified atom stereocenters. The van der Waals surface area contributed by atoms with E-state index in [2.05, 4.69) is 31.0 Å². The van der Waals surface area contributed by atoms with Gasteiger partial charge in [-0.05, 0) is 38.8 Å². The smallest absolute Gasteiger partial charge is 0.0674 e. The van der Waals surface area contributed by atoms with E-state index in [0.29, 0.717) is 12.1 Å². The van der Waals surface area contributed by atoms with Gasteiger partial charge < -0.3 is 10.1 Å². The van der Waals surface area contributed by atoms with Crippen LogP contribution >= 0.6 is 0 Å². The van der Waals surface area contributed by atoms with Crippen LogP contribution in [-0.2, 0) is 4.74 Å². The van der Waals surface area contributed by atoms with Crippen LogP contribution in [0.5, 0.6) is 0 Å². The molecule has 2 heterocycles. The average Bonchev–Trinajstić information content (AvgIpc) is 2.58. The first-order valence-corrected chi connectivity index (χ1v) is 6.23. The van der Waals surface area contributed by atoms with E-state index < -0.39 is 0 Å². The number of nitrogens with zero attached hydrogens (tertiary/aromatic N) is 1. The molecule has 88 valence electrons. The van der Waals surface area contributed by atoms with Crippen molar-refractivity contribution in [3.05, 3.63) is 0 Å². The van der Waals surface area contributed by atoms with E-state index in [1.165, 1.54) is 19.6 Å². The molecule has 0 aromatic heterocycles. The highest BCUT2D eigenvalue weighted by atomic mass is 16.5. The van der Waals surface area contributed by atoms with Crippen LogP contribution in [0, 0.1) is 11.8 Å². The zero-order valence-electron chi connectivity index (χ0n) is 10.2. The van der Waals surface area contributed by atoms with Gasteiger partial charge in [-0.15, -0.1) is 0 Å². The zero-order chi connectivity index (χ0) is 10.8. The van der Waals surface area contributed by atoms with Gasteiger partial charge in [0.1, 0.15) is 0 Å². The maximum atomic E-state index is 5.65. The molecular formula is C12H24N2O. The summed E-state index contributed by atoms with van der Waals surface area (Å²) in [5.41, 5.74) is 0. The Morgan fingerprint density at radius 2 is 2.07 bits per heavy atom. The van der Waals surface area contributed by atoms with Gasteiger partial charge in [0, 0.05) is 19.1 Å². The SMILES string of the molecule is CC1CN(CC2CNCC2C)C(C)CO1. The van der Waals surface area contributed by atoms with Crippen molar-refractivity contribution in [1.29, 1.82) is 0 Å². The van der Waals surface area contributed by atoms with Gasteiger partial charge >= 0.3 is 0 Å².